The van der Waals surface area contributed by atoms with Gasteiger partial charge in [0, 0.05) is 23.3 Å². The molecule has 1 amide bonds. The average Bonchev–Trinajstić information content (AvgIpc) is 2.86. The van der Waals surface area contributed by atoms with E-state index >= 15 is 0 Å². The van der Waals surface area contributed by atoms with Crippen LogP contribution in [0.1, 0.15) is 51.3 Å². The van der Waals surface area contributed by atoms with E-state index in [1.165, 1.54) is 31.5 Å². The number of nitrogens with one attached hydrogen (secondary N) is 1. The largest absolute Gasteiger partial charge is 0.493 e. The number of aromatic nitrogens is 3. The summed E-state index contributed by atoms with van der Waals surface area (Å²) in [5, 5.41) is 5.37. The Hall–Kier alpha value is -3.33. The van der Waals surface area contributed by atoms with Gasteiger partial charge in [-0.3, -0.25) is 14.6 Å². The number of H-pyrrole nitrogens is 1. The second kappa shape index (κ2) is 10.9. The minimum absolute atomic E-state index is 0.161. The van der Waals surface area contributed by atoms with Crippen molar-refractivity contribution in [3.8, 4) is 22.8 Å². The summed E-state index contributed by atoms with van der Waals surface area (Å²) in [6.07, 6.45) is 3.88. The van der Waals surface area contributed by atoms with Crippen molar-refractivity contribution in [1.82, 2.24) is 10.1 Å². The van der Waals surface area contributed by atoms with Crippen molar-refractivity contribution in [3.63, 3.8) is 0 Å². The number of rotatable bonds is 9. The number of hydrogen-bond donors (Lipinski definition) is 1. The molecule has 1 aliphatic rings. The Morgan fingerprint density at radius 2 is 1.89 bits per heavy atom. The Balaban J connectivity index is 1.87. The predicted octanol–water partition coefficient (Wildman–Crippen LogP) is 4.33. The monoisotopic (exact) mass is 495 g/mol. The number of aromatic amines is 1. The summed E-state index contributed by atoms with van der Waals surface area (Å²) in [6, 6.07) is 12.9. The topological polar surface area (TPSA) is 88.4 Å². The molecule has 184 valence electrons. The van der Waals surface area contributed by atoms with E-state index in [0.29, 0.717) is 33.6 Å². The zero-order chi connectivity index (χ0) is 24.9. The van der Waals surface area contributed by atoms with E-state index < -0.39 is 6.17 Å². The third kappa shape index (κ3) is 4.91. The lowest BCUT2D eigenvalue weighted by atomic mass is 10.0. The Morgan fingerprint density at radius 3 is 2.60 bits per heavy atom. The molecule has 2 aromatic carbocycles. The van der Waals surface area contributed by atoms with Crippen LogP contribution in [-0.4, -0.2) is 36.0 Å². The number of carbonyl (C=O) groups excluding carboxylic acids is 1. The minimum atomic E-state index is -0.668. The molecule has 1 aromatic heterocycles. The molecule has 0 saturated heterocycles. The molecule has 0 saturated carbocycles. The first-order valence-electron chi connectivity index (χ1n) is 11.8. The molecule has 0 aliphatic carbocycles. The fourth-order valence-electron chi connectivity index (χ4n) is 4.39. The normalized spacial score (nSPS) is 14.3. The summed E-state index contributed by atoms with van der Waals surface area (Å²) in [7, 11) is 3.14. The fourth-order valence-corrected chi connectivity index (χ4v) is 5.24. The Bertz CT molecular complexity index is 1280. The molecule has 0 fully saturated rings. The van der Waals surface area contributed by atoms with Gasteiger partial charge in [0.05, 0.1) is 25.5 Å². The van der Waals surface area contributed by atoms with E-state index in [2.05, 4.69) is 11.9 Å². The average molecular weight is 496 g/mol. The maximum absolute atomic E-state index is 13.4. The summed E-state index contributed by atoms with van der Waals surface area (Å²) in [5.41, 5.74) is 2.24. The number of thioether (sulfide) groups is 1. The van der Waals surface area contributed by atoms with E-state index in [4.69, 9.17) is 14.6 Å². The molecular weight excluding hydrogens is 464 g/mol. The molecule has 0 spiro atoms. The van der Waals surface area contributed by atoms with Crippen LogP contribution in [-0.2, 0) is 4.79 Å². The van der Waals surface area contributed by atoms with E-state index in [0.717, 1.165) is 24.2 Å². The first-order valence-corrected chi connectivity index (χ1v) is 12.8. The van der Waals surface area contributed by atoms with Crippen LogP contribution in [0.25, 0.3) is 11.3 Å². The van der Waals surface area contributed by atoms with Crippen molar-refractivity contribution in [2.24, 2.45) is 0 Å². The van der Waals surface area contributed by atoms with E-state index in [-0.39, 0.29) is 11.5 Å². The zero-order valence-corrected chi connectivity index (χ0v) is 21.4. The van der Waals surface area contributed by atoms with Crippen LogP contribution in [0.4, 0.5) is 5.69 Å². The van der Waals surface area contributed by atoms with E-state index in [1.807, 2.05) is 36.4 Å². The highest BCUT2D eigenvalue weighted by molar-refractivity contribution is 7.99. The fraction of sp³-hybridized carbons (Fsp3) is 0.385. The molecule has 35 heavy (non-hydrogen) atoms. The first kappa shape index (κ1) is 24.8. The van der Waals surface area contributed by atoms with Gasteiger partial charge >= 0.3 is 11.3 Å². The molecule has 0 radical (unpaired) electrons. The van der Waals surface area contributed by atoms with Gasteiger partial charge in [-0.1, -0.05) is 50.1 Å². The van der Waals surface area contributed by atoms with E-state index in [1.54, 1.807) is 29.9 Å². The molecule has 3 aromatic rings. The zero-order valence-electron chi connectivity index (χ0n) is 20.5. The number of fused-ring (bicyclic) bond motifs is 3. The molecule has 4 rings (SSSR count). The van der Waals surface area contributed by atoms with Crippen molar-refractivity contribution < 1.29 is 19.0 Å². The molecular formula is C26H31N4O4S+. The number of para-hydroxylation sites is 1. The van der Waals surface area contributed by atoms with E-state index in [9.17, 15) is 9.59 Å². The van der Waals surface area contributed by atoms with Gasteiger partial charge < -0.3 is 9.47 Å². The SMILES string of the molecule is CCCCCCSc1n[n+]2c(c(=O)[nH]1)-c1ccccc1N(C(C)=O)[C@@H]2c1ccc(OC)c(OC)c1. The lowest BCUT2D eigenvalue weighted by Gasteiger charge is -2.31. The van der Waals surface area contributed by atoms with Crippen molar-refractivity contribution >= 4 is 23.4 Å². The molecule has 1 atom stereocenters. The third-order valence-corrected chi connectivity index (χ3v) is 6.99. The minimum Gasteiger partial charge on any atom is -0.493 e. The quantitative estimate of drug-likeness (QED) is 0.270. The van der Waals surface area contributed by atoms with Crippen LogP contribution in [0, 0.1) is 0 Å². The van der Waals surface area contributed by atoms with Crippen LogP contribution in [0.5, 0.6) is 11.5 Å². The van der Waals surface area contributed by atoms with Gasteiger partial charge in [0.25, 0.3) is 6.17 Å². The Labute approximate surface area is 209 Å². The molecule has 8 nitrogen and oxygen atoms in total. The summed E-state index contributed by atoms with van der Waals surface area (Å²) in [4.78, 5) is 31.0. The van der Waals surface area contributed by atoms with Crippen LogP contribution < -0.4 is 24.6 Å². The molecule has 1 aliphatic heterocycles. The predicted molar refractivity (Wildman–Crippen MR) is 136 cm³/mol. The first-order chi connectivity index (χ1) is 17.0. The van der Waals surface area contributed by atoms with Gasteiger partial charge in [0.1, 0.15) is 0 Å². The number of anilines is 1. The highest BCUT2D eigenvalue weighted by Crippen LogP contribution is 2.39. The molecule has 9 heteroatoms. The Morgan fingerprint density at radius 1 is 1.11 bits per heavy atom. The van der Waals surface area contributed by atoms with Gasteiger partial charge in [-0.25, -0.2) is 4.90 Å². The number of methoxy groups -OCH3 is 2. The second-order valence-electron chi connectivity index (χ2n) is 8.36. The summed E-state index contributed by atoms with van der Waals surface area (Å²) < 4.78 is 12.6. The second-order valence-corrected chi connectivity index (χ2v) is 9.44. The third-order valence-electron chi connectivity index (χ3n) is 6.04. The number of carbonyl (C=O) groups is 1. The number of ether oxygens (including phenoxy) is 2. The number of hydrogen-bond acceptors (Lipinski definition) is 6. The standard InChI is InChI=1S/C26H30N4O4S/c1-5-6-7-10-15-35-26-27-24(32)23-19-11-8-9-12-20(19)29(17(2)31)25(30(23)28-26)18-13-14-21(33-3)22(16-18)34-4/h8-9,11-14,16,25H,5-7,10,15H2,1-4H3/p+1/t25-/m0/s1. The van der Waals surface area contributed by atoms with Crippen LogP contribution in [0.2, 0.25) is 0 Å². The van der Waals surface area contributed by atoms with Gasteiger partial charge in [0.15, 0.2) is 11.5 Å². The van der Waals surface area contributed by atoms with Crippen molar-refractivity contribution in [3.05, 3.63) is 58.4 Å². The van der Waals surface area contributed by atoms with Crippen LogP contribution in [0.15, 0.2) is 52.4 Å². The van der Waals surface area contributed by atoms with Crippen molar-refractivity contribution in [1.29, 1.82) is 0 Å². The van der Waals surface area contributed by atoms with Gasteiger partial charge in [-0.05, 0) is 41.4 Å². The van der Waals surface area contributed by atoms with Gasteiger partial charge in [-0.15, -0.1) is 0 Å². The highest BCUT2D eigenvalue weighted by atomic mass is 32.2. The summed E-state index contributed by atoms with van der Waals surface area (Å²) >= 11 is 1.52. The number of unbranched alkanes of at least 4 members (excludes halogenated alkanes) is 3. The maximum atomic E-state index is 13.4. The van der Waals surface area contributed by atoms with Gasteiger partial charge in [-0.2, -0.15) is 0 Å². The molecule has 0 unspecified atom stereocenters. The summed E-state index contributed by atoms with van der Waals surface area (Å²) in [6.45, 7) is 3.70. The lowest BCUT2D eigenvalue weighted by molar-refractivity contribution is -0.763. The number of benzene rings is 2. The molecule has 0 bridgehead atoms. The number of amides is 1. The summed E-state index contributed by atoms with van der Waals surface area (Å²) in [5.74, 6) is 1.81. The Kier molecular flexibility index (Phi) is 7.75. The maximum Gasteiger partial charge on any atom is 0.325 e. The highest BCUT2D eigenvalue weighted by Gasteiger charge is 2.45. The lowest BCUT2D eigenvalue weighted by Crippen LogP contribution is -2.60. The van der Waals surface area contributed by atoms with Crippen molar-refractivity contribution in [2.75, 3.05) is 24.9 Å². The van der Waals surface area contributed by atoms with Gasteiger partial charge in [0.2, 0.25) is 11.1 Å². The number of nitrogens with zero attached hydrogens (tertiary/aromatic N) is 3. The molecule has 2 heterocycles. The smallest absolute Gasteiger partial charge is 0.325 e. The van der Waals surface area contributed by atoms with Crippen LogP contribution >= 0.6 is 11.8 Å². The molecule has 1 N–H and O–H groups in total. The van der Waals surface area contributed by atoms with Crippen LogP contribution in [0.3, 0.4) is 0 Å². The van der Waals surface area contributed by atoms with Crippen molar-refractivity contribution in [2.45, 2.75) is 50.9 Å².